The Labute approximate surface area is 98.4 Å². The number of nitrogens with zero attached hydrogens (tertiary/aromatic N) is 2. The summed E-state index contributed by atoms with van der Waals surface area (Å²) in [7, 11) is -1.62. The summed E-state index contributed by atoms with van der Waals surface area (Å²) in [4.78, 5) is 0. The maximum absolute atomic E-state index is 12.0. The normalized spacial score (nSPS) is 23.9. The predicted molar refractivity (Wildman–Crippen MR) is 63.5 cm³/mol. The van der Waals surface area contributed by atoms with Crippen LogP contribution in [-0.4, -0.2) is 56.3 Å². The molecule has 0 unspecified atom stereocenters. The quantitative estimate of drug-likeness (QED) is 0.768. The van der Waals surface area contributed by atoms with Crippen LogP contribution < -0.4 is 5.32 Å². The average Bonchev–Trinajstić information content (AvgIpc) is 2.17. The summed E-state index contributed by atoms with van der Waals surface area (Å²) in [5.41, 5.74) is 0. The highest BCUT2D eigenvalue weighted by Crippen LogP contribution is 2.12. The van der Waals surface area contributed by atoms with Gasteiger partial charge in [0.25, 0.3) is 10.2 Å². The van der Waals surface area contributed by atoms with Gasteiger partial charge in [-0.05, 0) is 6.92 Å². The Morgan fingerprint density at radius 1 is 1.53 bits per heavy atom. The molecule has 1 N–H and O–H groups in total. The van der Waals surface area contributed by atoms with Gasteiger partial charge >= 0.3 is 0 Å². The molecule has 1 aliphatic rings. The molecule has 0 aromatic rings. The van der Waals surface area contributed by atoms with Crippen molar-refractivity contribution in [1.82, 2.24) is 13.9 Å². The molecule has 0 bridgehead atoms. The maximum atomic E-state index is 12.0. The van der Waals surface area contributed by atoms with Gasteiger partial charge in [0.2, 0.25) is 0 Å². The van der Waals surface area contributed by atoms with Crippen LogP contribution in [0.3, 0.4) is 0 Å². The summed E-state index contributed by atoms with van der Waals surface area (Å²) in [5.74, 6) is 0. The lowest BCUT2D eigenvalue weighted by molar-refractivity contribution is 0.265. The summed E-state index contributed by atoms with van der Waals surface area (Å²) in [5, 5.41) is 3.17. The minimum atomic E-state index is -3.23. The van der Waals surface area contributed by atoms with Crippen LogP contribution in [0.4, 0.5) is 0 Å². The Balaban J connectivity index is 0.00000196. The van der Waals surface area contributed by atoms with Gasteiger partial charge in [0.05, 0.1) is 0 Å². The number of piperazine rings is 1. The van der Waals surface area contributed by atoms with Crippen LogP contribution in [0.15, 0.2) is 0 Å². The third-order valence-electron chi connectivity index (χ3n) is 2.58. The lowest BCUT2D eigenvalue weighted by Crippen LogP contribution is -2.55. The second-order valence-electron chi connectivity index (χ2n) is 3.59. The van der Waals surface area contributed by atoms with E-state index < -0.39 is 10.2 Å². The van der Waals surface area contributed by atoms with Crippen LogP contribution in [0.2, 0.25) is 0 Å². The van der Waals surface area contributed by atoms with Crippen LogP contribution in [0, 0.1) is 0 Å². The zero-order valence-corrected chi connectivity index (χ0v) is 11.1. The largest absolute Gasteiger partial charge is 0.314 e. The Morgan fingerprint density at radius 2 is 2.13 bits per heavy atom. The molecule has 1 saturated heterocycles. The fourth-order valence-corrected chi connectivity index (χ4v) is 3.04. The first-order chi connectivity index (χ1) is 6.50. The summed E-state index contributed by atoms with van der Waals surface area (Å²) in [6.07, 6.45) is 0. The monoisotopic (exact) mass is 257 g/mol. The van der Waals surface area contributed by atoms with E-state index in [1.54, 1.807) is 11.4 Å². The fraction of sp³-hybridized carbons (Fsp3) is 1.00. The van der Waals surface area contributed by atoms with E-state index in [0.717, 1.165) is 13.1 Å². The first-order valence-electron chi connectivity index (χ1n) is 4.94. The van der Waals surface area contributed by atoms with Crippen molar-refractivity contribution in [3.63, 3.8) is 0 Å². The predicted octanol–water partition coefficient (Wildman–Crippen LogP) is -0.102. The number of halogens is 1. The molecule has 92 valence electrons. The zero-order chi connectivity index (χ0) is 10.8. The van der Waals surface area contributed by atoms with Crippen molar-refractivity contribution < 1.29 is 8.42 Å². The molecule has 0 radical (unpaired) electrons. The highest BCUT2D eigenvalue weighted by molar-refractivity contribution is 7.86. The highest BCUT2D eigenvalue weighted by Gasteiger charge is 2.31. The van der Waals surface area contributed by atoms with E-state index in [2.05, 4.69) is 5.32 Å². The van der Waals surface area contributed by atoms with Crippen LogP contribution in [0.5, 0.6) is 0 Å². The smallest absolute Gasteiger partial charge is 0.282 e. The second-order valence-corrected chi connectivity index (χ2v) is 5.57. The van der Waals surface area contributed by atoms with Gasteiger partial charge in [0.1, 0.15) is 0 Å². The molecule has 1 atom stereocenters. The van der Waals surface area contributed by atoms with E-state index in [0.29, 0.717) is 13.1 Å². The Morgan fingerprint density at radius 3 is 2.60 bits per heavy atom. The van der Waals surface area contributed by atoms with Gasteiger partial charge in [-0.2, -0.15) is 17.0 Å². The first-order valence-corrected chi connectivity index (χ1v) is 6.33. The number of nitrogens with one attached hydrogen (secondary N) is 1. The summed E-state index contributed by atoms with van der Waals surface area (Å²) in [6.45, 7) is 6.31. The van der Waals surface area contributed by atoms with Crippen molar-refractivity contribution in [3.05, 3.63) is 0 Å². The molecular weight excluding hydrogens is 238 g/mol. The topological polar surface area (TPSA) is 52.7 Å². The molecule has 0 spiro atoms. The van der Waals surface area contributed by atoms with Gasteiger partial charge in [0.15, 0.2) is 0 Å². The lowest BCUT2D eigenvalue weighted by Gasteiger charge is -2.35. The van der Waals surface area contributed by atoms with Gasteiger partial charge < -0.3 is 5.32 Å². The van der Waals surface area contributed by atoms with E-state index >= 15 is 0 Å². The van der Waals surface area contributed by atoms with Gasteiger partial charge in [0, 0.05) is 39.3 Å². The molecule has 1 aliphatic heterocycles. The van der Waals surface area contributed by atoms with Gasteiger partial charge in [-0.1, -0.05) is 6.92 Å². The molecule has 15 heavy (non-hydrogen) atoms. The fourth-order valence-electron chi connectivity index (χ4n) is 1.51. The molecule has 1 fully saturated rings. The summed E-state index contributed by atoms with van der Waals surface area (Å²) < 4.78 is 26.8. The molecule has 1 heterocycles. The standard InChI is InChI=1S/C8H19N3O2S.ClH/c1-4-10(3)14(12,13)11-6-5-9-7-8(11)2;/h8-9H,4-7H2,1-3H3;1H/t8-;/m1./s1. The van der Waals surface area contributed by atoms with Crippen molar-refractivity contribution in [2.45, 2.75) is 19.9 Å². The minimum absolute atomic E-state index is 0. The van der Waals surface area contributed by atoms with Crippen LogP contribution in [0.25, 0.3) is 0 Å². The van der Waals surface area contributed by atoms with Gasteiger partial charge in [-0.25, -0.2) is 0 Å². The Hall–Kier alpha value is 0.120. The second kappa shape index (κ2) is 6.00. The average molecular weight is 258 g/mol. The Kier molecular flexibility index (Phi) is 6.05. The molecule has 0 saturated carbocycles. The van der Waals surface area contributed by atoms with Crippen molar-refractivity contribution in [2.75, 3.05) is 33.2 Å². The van der Waals surface area contributed by atoms with Crippen molar-refractivity contribution >= 4 is 22.6 Å². The number of rotatable bonds is 3. The van der Waals surface area contributed by atoms with Crippen LogP contribution in [0.1, 0.15) is 13.8 Å². The van der Waals surface area contributed by atoms with Crippen molar-refractivity contribution in [2.24, 2.45) is 0 Å². The van der Waals surface area contributed by atoms with E-state index in [1.165, 1.54) is 4.31 Å². The molecular formula is C8H20ClN3O2S. The highest BCUT2D eigenvalue weighted by atomic mass is 35.5. The number of hydrogen-bond acceptors (Lipinski definition) is 3. The minimum Gasteiger partial charge on any atom is -0.314 e. The third-order valence-corrected chi connectivity index (χ3v) is 4.76. The summed E-state index contributed by atoms with van der Waals surface area (Å²) >= 11 is 0. The molecule has 0 aromatic heterocycles. The van der Waals surface area contributed by atoms with Crippen LogP contribution >= 0.6 is 12.4 Å². The SMILES string of the molecule is CCN(C)S(=O)(=O)N1CCNC[C@H]1C.Cl. The van der Waals surface area contributed by atoms with E-state index in [9.17, 15) is 8.42 Å². The molecule has 0 aliphatic carbocycles. The van der Waals surface area contributed by atoms with Gasteiger partial charge in [-0.15, -0.1) is 12.4 Å². The van der Waals surface area contributed by atoms with Gasteiger partial charge in [-0.3, -0.25) is 0 Å². The first kappa shape index (κ1) is 15.1. The van der Waals surface area contributed by atoms with E-state index in [4.69, 9.17) is 0 Å². The van der Waals surface area contributed by atoms with E-state index in [-0.39, 0.29) is 18.4 Å². The zero-order valence-electron chi connectivity index (χ0n) is 9.43. The summed E-state index contributed by atoms with van der Waals surface area (Å²) in [6, 6.07) is 0.0442. The molecule has 0 aromatic carbocycles. The number of hydrogen-bond donors (Lipinski definition) is 1. The Bertz CT molecular complexity index is 284. The van der Waals surface area contributed by atoms with Crippen LogP contribution in [-0.2, 0) is 10.2 Å². The van der Waals surface area contributed by atoms with E-state index in [1.807, 2.05) is 13.8 Å². The molecule has 5 nitrogen and oxygen atoms in total. The molecule has 0 amide bonds. The van der Waals surface area contributed by atoms with Crippen molar-refractivity contribution in [3.8, 4) is 0 Å². The van der Waals surface area contributed by atoms with Crippen molar-refractivity contribution in [1.29, 1.82) is 0 Å². The lowest BCUT2D eigenvalue weighted by atomic mass is 10.3. The molecule has 1 rings (SSSR count). The molecule has 7 heteroatoms. The maximum Gasteiger partial charge on any atom is 0.282 e. The third kappa shape index (κ3) is 3.29.